The maximum atomic E-state index is 14.1. The van der Waals surface area contributed by atoms with E-state index in [4.69, 9.17) is 11.6 Å². The van der Waals surface area contributed by atoms with Crippen molar-refractivity contribution in [2.24, 2.45) is 23.7 Å². The summed E-state index contributed by atoms with van der Waals surface area (Å²) in [6.45, 7) is 0. The van der Waals surface area contributed by atoms with Crippen LogP contribution in [0.1, 0.15) is 12.8 Å². The van der Waals surface area contributed by atoms with E-state index in [1.807, 2.05) is 12.2 Å². The second-order valence-corrected chi connectivity index (χ2v) is 6.39. The van der Waals surface area contributed by atoms with E-state index in [0.29, 0.717) is 0 Å². The molecule has 108 valence electrons. The molecular weight excluding hydrogens is 293 g/mol. The van der Waals surface area contributed by atoms with Gasteiger partial charge in [-0.1, -0.05) is 23.8 Å². The molecule has 5 rings (SSSR count). The zero-order valence-corrected chi connectivity index (χ0v) is 11.9. The predicted molar refractivity (Wildman–Crippen MR) is 76.2 cm³/mol. The molecule has 0 unspecified atom stereocenters. The fourth-order valence-electron chi connectivity index (χ4n) is 3.97. The number of imide groups is 1. The normalized spacial score (nSPS) is 33.7. The van der Waals surface area contributed by atoms with Crippen LogP contribution < -0.4 is 4.90 Å². The Morgan fingerprint density at radius 1 is 1.05 bits per heavy atom. The van der Waals surface area contributed by atoms with E-state index in [9.17, 15) is 14.0 Å². The van der Waals surface area contributed by atoms with E-state index >= 15 is 0 Å². The number of carbonyl (C=O) groups is 2. The summed E-state index contributed by atoms with van der Waals surface area (Å²) in [5.74, 6) is -1.61. The van der Waals surface area contributed by atoms with Crippen LogP contribution in [0.15, 0.2) is 30.4 Å². The lowest BCUT2D eigenvalue weighted by Crippen LogP contribution is -2.38. The van der Waals surface area contributed by atoms with E-state index in [2.05, 4.69) is 0 Å². The number of nitrogens with zero attached hydrogens (tertiary/aromatic N) is 1. The summed E-state index contributed by atoms with van der Waals surface area (Å²) < 4.78 is 14.1. The Balaban J connectivity index is 1.78. The number of hydrogen-bond donors (Lipinski definition) is 0. The first kappa shape index (κ1) is 13.0. The molecule has 2 bridgehead atoms. The van der Waals surface area contributed by atoms with Crippen LogP contribution in [-0.4, -0.2) is 11.8 Å². The summed E-state index contributed by atoms with van der Waals surface area (Å²) in [6.07, 6.45) is 5.95. The summed E-state index contributed by atoms with van der Waals surface area (Å²) in [4.78, 5) is 26.3. The molecule has 0 spiro atoms. The van der Waals surface area contributed by atoms with Crippen LogP contribution >= 0.6 is 11.6 Å². The van der Waals surface area contributed by atoms with Crippen LogP contribution in [0.5, 0.6) is 0 Å². The van der Waals surface area contributed by atoms with Gasteiger partial charge in [-0.05, 0) is 42.9 Å². The average molecular weight is 306 g/mol. The highest BCUT2D eigenvalue weighted by Gasteiger charge is 2.57. The fourth-order valence-corrected chi connectivity index (χ4v) is 4.13. The lowest BCUT2D eigenvalue weighted by molar-refractivity contribution is -0.124. The Hall–Kier alpha value is -1.68. The number of benzene rings is 1. The van der Waals surface area contributed by atoms with Gasteiger partial charge in [0.2, 0.25) is 11.8 Å². The van der Waals surface area contributed by atoms with Crippen LogP contribution in [0.25, 0.3) is 0 Å². The van der Waals surface area contributed by atoms with Crippen molar-refractivity contribution in [2.45, 2.75) is 12.8 Å². The standard InChI is InChI=1S/C16H13ClFNO2/c17-10-5-6-12(11(18)7-10)19-15(20)13-8-1-2-9(4-3-8)14(13)16(19)21/h1-2,5-9,13-14H,3-4H2/t8-,9+,13-,14-/m0/s1. The van der Waals surface area contributed by atoms with Gasteiger partial charge in [-0.2, -0.15) is 0 Å². The predicted octanol–water partition coefficient (Wildman–Crippen LogP) is 3.18. The number of anilines is 1. The largest absolute Gasteiger partial charge is 0.274 e. The Labute approximate surface area is 126 Å². The number of hydrogen-bond acceptors (Lipinski definition) is 2. The van der Waals surface area contributed by atoms with Crippen molar-refractivity contribution in [3.8, 4) is 0 Å². The van der Waals surface area contributed by atoms with Gasteiger partial charge in [0, 0.05) is 5.02 Å². The Bertz CT molecular complexity index is 655. The summed E-state index contributed by atoms with van der Waals surface area (Å²) >= 11 is 5.74. The van der Waals surface area contributed by atoms with E-state index in [1.165, 1.54) is 12.1 Å². The lowest BCUT2D eigenvalue weighted by Gasteiger charge is -2.38. The first-order chi connectivity index (χ1) is 10.1. The number of rotatable bonds is 1. The molecule has 0 radical (unpaired) electrons. The van der Waals surface area contributed by atoms with Gasteiger partial charge in [-0.3, -0.25) is 9.59 Å². The van der Waals surface area contributed by atoms with Crippen molar-refractivity contribution < 1.29 is 14.0 Å². The van der Waals surface area contributed by atoms with Crippen LogP contribution in [0.3, 0.4) is 0 Å². The maximum absolute atomic E-state index is 14.1. The fraction of sp³-hybridized carbons (Fsp3) is 0.375. The molecule has 3 nitrogen and oxygen atoms in total. The second kappa shape index (κ2) is 4.41. The van der Waals surface area contributed by atoms with Gasteiger partial charge in [0.05, 0.1) is 17.5 Å². The number of amides is 2. The molecule has 1 saturated heterocycles. The zero-order valence-electron chi connectivity index (χ0n) is 11.1. The number of fused-ring (bicyclic) bond motifs is 1. The average Bonchev–Trinajstić information content (AvgIpc) is 2.75. The molecule has 2 amide bonds. The number of allylic oxidation sites excluding steroid dienone is 2. The van der Waals surface area contributed by atoms with E-state index in [-0.39, 0.29) is 46.2 Å². The highest BCUT2D eigenvalue weighted by molar-refractivity contribution is 6.31. The van der Waals surface area contributed by atoms with E-state index < -0.39 is 5.82 Å². The van der Waals surface area contributed by atoms with Crippen molar-refractivity contribution >= 4 is 29.1 Å². The van der Waals surface area contributed by atoms with Gasteiger partial charge in [0.15, 0.2) is 0 Å². The van der Waals surface area contributed by atoms with Crippen LogP contribution in [0.2, 0.25) is 5.02 Å². The molecule has 0 N–H and O–H groups in total. The van der Waals surface area contributed by atoms with Crippen molar-refractivity contribution in [2.75, 3.05) is 4.90 Å². The third-order valence-corrected chi connectivity index (χ3v) is 5.15. The summed E-state index contributed by atoms with van der Waals surface area (Å²) in [7, 11) is 0. The third kappa shape index (κ3) is 1.72. The minimum Gasteiger partial charge on any atom is -0.274 e. The van der Waals surface area contributed by atoms with Crippen LogP contribution in [0, 0.1) is 29.5 Å². The monoisotopic (exact) mass is 305 g/mol. The Morgan fingerprint density at radius 2 is 1.62 bits per heavy atom. The van der Waals surface area contributed by atoms with Crippen LogP contribution in [-0.2, 0) is 9.59 Å². The van der Waals surface area contributed by atoms with Gasteiger partial charge in [-0.25, -0.2) is 9.29 Å². The van der Waals surface area contributed by atoms with Gasteiger partial charge in [-0.15, -0.1) is 0 Å². The first-order valence-corrected chi connectivity index (χ1v) is 7.47. The highest BCUT2D eigenvalue weighted by atomic mass is 35.5. The number of halogens is 2. The maximum Gasteiger partial charge on any atom is 0.238 e. The number of carbonyl (C=O) groups excluding carboxylic acids is 2. The summed E-state index contributed by atoms with van der Waals surface area (Å²) in [5, 5.41) is 0.245. The highest BCUT2D eigenvalue weighted by Crippen LogP contribution is 2.50. The quantitative estimate of drug-likeness (QED) is 0.590. The molecule has 1 heterocycles. The van der Waals surface area contributed by atoms with Crippen molar-refractivity contribution in [3.63, 3.8) is 0 Å². The Kier molecular flexibility index (Phi) is 2.73. The van der Waals surface area contributed by atoms with Gasteiger partial charge >= 0.3 is 0 Å². The summed E-state index contributed by atoms with van der Waals surface area (Å²) in [5.41, 5.74) is 0.0169. The van der Waals surface area contributed by atoms with E-state index in [1.54, 1.807) is 0 Å². The third-order valence-electron chi connectivity index (χ3n) is 4.91. The molecule has 4 atom stereocenters. The van der Waals surface area contributed by atoms with Crippen molar-refractivity contribution in [1.82, 2.24) is 0 Å². The topological polar surface area (TPSA) is 37.4 Å². The molecular formula is C16H13ClFNO2. The molecule has 1 aliphatic heterocycles. The lowest BCUT2D eigenvalue weighted by atomic mass is 9.63. The van der Waals surface area contributed by atoms with Crippen molar-refractivity contribution in [1.29, 1.82) is 0 Å². The zero-order chi connectivity index (χ0) is 14.7. The van der Waals surface area contributed by atoms with Gasteiger partial charge < -0.3 is 0 Å². The molecule has 4 aliphatic rings. The van der Waals surface area contributed by atoms with Gasteiger partial charge in [0.25, 0.3) is 0 Å². The Morgan fingerprint density at radius 3 is 2.10 bits per heavy atom. The molecule has 2 fully saturated rings. The smallest absolute Gasteiger partial charge is 0.238 e. The first-order valence-electron chi connectivity index (χ1n) is 7.09. The molecule has 5 heteroatoms. The molecule has 1 aromatic rings. The second-order valence-electron chi connectivity index (χ2n) is 5.95. The van der Waals surface area contributed by atoms with Crippen LogP contribution in [0.4, 0.5) is 10.1 Å². The minimum absolute atomic E-state index is 0.0169. The molecule has 1 aromatic carbocycles. The SMILES string of the molecule is O=C1[C@@H]2[C@@H](C(=O)N1c1ccc(Cl)cc1F)[C@H]1C=C[C@@H]2CC1. The molecule has 21 heavy (non-hydrogen) atoms. The molecule has 3 aliphatic carbocycles. The minimum atomic E-state index is -0.636. The van der Waals surface area contributed by atoms with E-state index in [0.717, 1.165) is 23.8 Å². The molecule has 0 aromatic heterocycles. The molecule has 1 saturated carbocycles. The van der Waals surface area contributed by atoms with Gasteiger partial charge in [0.1, 0.15) is 5.82 Å². The summed E-state index contributed by atoms with van der Waals surface area (Å²) in [6, 6.07) is 4.03. The van der Waals surface area contributed by atoms with Crippen molar-refractivity contribution in [3.05, 3.63) is 41.2 Å².